The van der Waals surface area contributed by atoms with Crippen LogP contribution in [0.3, 0.4) is 0 Å². The molecule has 5 aromatic rings. The summed E-state index contributed by atoms with van der Waals surface area (Å²) >= 11 is 0. The van der Waals surface area contributed by atoms with E-state index < -0.39 is 11.9 Å². The van der Waals surface area contributed by atoms with Gasteiger partial charge in [0.05, 0.1) is 11.4 Å². The number of rotatable bonds is 8. The minimum absolute atomic E-state index is 0.161. The molecule has 0 amide bonds. The van der Waals surface area contributed by atoms with Crippen molar-refractivity contribution in [3.8, 4) is 11.6 Å². The van der Waals surface area contributed by atoms with Crippen molar-refractivity contribution in [3.63, 3.8) is 0 Å². The van der Waals surface area contributed by atoms with Crippen molar-refractivity contribution in [2.75, 3.05) is 4.90 Å². The Morgan fingerprint density at radius 2 is 1.19 bits per heavy atom. The highest BCUT2D eigenvalue weighted by molar-refractivity contribution is 5.79. The Balaban J connectivity index is 1.78. The fraction of sp³-hybridized carbons (Fsp3) is 0.333. The molecule has 0 saturated carbocycles. The van der Waals surface area contributed by atoms with Gasteiger partial charge in [-0.25, -0.2) is 19.3 Å². The minimum atomic E-state index is -4.55. The van der Waals surface area contributed by atoms with Crippen LogP contribution in [-0.2, 0) is 6.18 Å². The fourth-order valence-corrected chi connectivity index (χ4v) is 5.00. The quantitative estimate of drug-likeness (QED) is 0.181. The highest BCUT2D eigenvalue weighted by Gasteiger charge is 2.34. The summed E-state index contributed by atoms with van der Waals surface area (Å²) in [6.45, 7) is 14.9. The van der Waals surface area contributed by atoms with Crippen LogP contribution in [0, 0.1) is 6.92 Å². The Morgan fingerprint density at radius 3 is 1.60 bits per heavy atom. The average Bonchev–Trinajstić information content (AvgIpc) is 3.63. The molecule has 43 heavy (non-hydrogen) atoms. The SMILES string of the molecule is Cc1ccn(-c2cccc(N(c3cccc(-n4ccc(C(F)(F)F)n4)n3)c3c(C(C)C)cc(C(C)C)cc3C(C)C)n2)n1. The van der Waals surface area contributed by atoms with Crippen molar-refractivity contribution in [2.45, 2.75) is 72.4 Å². The summed E-state index contributed by atoms with van der Waals surface area (Å²) in [7, 11) is 0. The van der Waals surface area contributed by atoms with Crippen molar-refractivity contribution in [3.05, 3.63) is 101 Å². The average molecular weight is 588 g/mol. The molecule has 0 radical (unpaired) electrons. The van der Waals surface area contributed by atoms with Gasteiger partial charge in [-0.15, -0.1) is 0 Å². The zero-order valence-electron chi connectivity index (χ0n) is 25.4. The highest BCUT2D eigenvalue weighted by Crippen LogP contribution is 2.44. The maximum absolute atomic E-state index is 13.4. The predicted octanol–water partition coefficient (Wildman–Crippen LogP) is 9.02. The third-order valence-electron chi connectivity index (χ3n) is 7.29. The molecule has 0 atom stereocenters. The number of alkyl halides is 3. The van der Waals surface area contributed by atoms with Crippen LogP contribution in [0.5, 0.6) is 0 Å². The number of benzene rings is 1. The number of nitrogens with zero attached hydrogens (tertiary/aromatic N) is 7. The molecule has 0 aliphatic carbocycles. The zero-order chi connectivity index (χ0) is 31.1. The topological polar surface area (TPSA) is 64.7 Å². The van der Waals surface area contributed by atoms with Crippen LogP contribution in [0.15, 0.2) is 73.1 Å². The molecule has 5 rings (SSSR count). The van der Waals surface area contributed by atoms with Gasteiger partial charge in [0.2, 0.25) is 0 Å². The molecule has 0 saturated heterocycles. The molecule has 0 fully saturated rings. The van der Waals surface area contributed by atoms with Gasteiger partial charge in [-0.05, 0) is 77.8 Å². The molecule has 4 aromatic heterocycles. The largest absolute Gasteiger partial charge is 0.435 e. The van der Waals surface area contributed by atoms with Crippen molar-refractivity contribution in [2.24, 2.45) is 0 Å². The Morgan fingerprint density at radius 1 is 0.674 bits per heavy atom. The summed E-state index contributed by atoms with van der Waals surface area (Å²) in [5, 5.41) is 8.30. The van der Waals surface area contributed by atoms with E-state index in [4.69, 9.17) is 9.97 Å². The second kappa shape index (κ2) is 11.7. The summed E-state index contributed by atoms with van der Waals surface area (Å²) in [5.74, 6) is 2.64. The van der Waals surface area contributed by atoms with Crippen LogP contribution in [-0.4, -0.2) is 29.5 Å². The van der Waals surface area contributed by atoms with Gasteiger partial charge < -0.3 is 0 Å². The Hall–Kier alpha value is -4.47. The normalized spacial score (nSPS) is 12.1. The number of aryl methyl sites for hydroxylation is 1. The molecule has 0 spiro atoms. The van der Waals surface area contributed by atoms with E-state index >= 15 is 0 Å². The first-order valence-electron chi connectivity index (χ1n) is 14.4. The number of pyridine rings is 2. The maximum atomic E-state index is 13.4. The first kappa shape index (κ1) is 30.0. The van der Waals surface area contributed by atoms with Crippen LogP contribution < -0.4 is 4.90 Å². The van der Waals surface area contributed by atoms with Crippen molar-refractivity contribution < 1.29 is 13.2 Å². The van der Waals surface area contributed by atoms with Crippen LogP contribution in [0.25, 0.3) is 11.6 Å². The summed E-state index contributed by atoms with van der Waals surface area (Å²) in [6, 6.07) is 18.3. The molecular weight excluding hydrogens is 551 g/mol. The number of halogens is 3. The summed E-state index contributed by atoms with van der Waals surface area (Å²) < 4.78 is 42.9. The second-order valence-electron chi connectivity index (χ2n) is 11.6. The molecule has 10 heteroatoms. The van der Waals surface area contributed by atoms with E-state index in [0.717, 1.165) is 33.3 Å². The fourth-order valence-electron chi connectivity index (χ4n) is 5.00. The van der Waals surface area contributed by atoms with Crippen molar-refractivity contribution in [1.29, 1.82) is 0 Å². The number of aromatic nitrogens is 6. The molecule has 4 heterocycles. The van der Waals surface area contributed by atoms with Crippen LogP contribution in [0.4, 0.5) is 30.5 Å². The summed E-state index contributed by atoms with van der Waals surface area (Å²) in [6.07, 6.45) is -1.42. The predicted molar refractivity (Wildman–Crippen MR) is 163 cm³/mol. The van der Waals surface area contributed by atoms with E-state index in [9.17, 15) is 13.2 Å². The first-order valence-corrected chi connectivity index (χ1v) is 14.4. The summed E-state index contributed by atoms with van der Waals surface area (Å²) in [4.78, 5) is 11.9. The van der Waals surface area contributed by atoms with E-state index in [-0.39, 0.29) is 17.7 Å². The molecule has 7 nitrogen and oxygen atoms in total. The lowest BCUT2D eigenvalue weighted by molar-refractivity contribution is -0.141. The van der Waals surface area contributed by atoms with Gasteiger partial charge in [-0.3, -0.25) is 4.90 Å². The molecule has 0 aliphatic rings. The van der Waals surface area contributed by atoms with Gasteiger partial charge in [-0.2, -0.15) is 23.4 Å². The van der Waals surface area contributed by atoms with E-state index in [1.807, 2.05) is 48.4 Å². The van der Waals surface area contributed by atoms with E-state index in [1.165, 1.54) is 11.8 Å². The monoisotopic (exact) mass is 587 g/mol. The van der Waals surface area contributed by atoms with Crippen LogP contribution in [0.1, 0.15) is 87.4 Å². The van der Waals surface area contributed by atoms with E-state index in [0.29, 0.717) is 23.4 Å². The molecule has 0 unspecified atom stereocenters. The van der Waals surface area contributed by atoms with Crippen molar-refractivity contribution in [1.82, 2.24) is 29.5 Å². The van der Waals surface area contributed by atoms with Gasteiger partial charge in [0.25, 0.3) is 0 Å². The van der Waals surface area contributed by atoms with E-state index in [1.54, 1.807) is 16.8 Å². The number of hydrogen-bond donors (Lipinski definition) is 0. The lowest BCUT2D eigenvalue weighted by atomic mass is 9.86. The van der Waals surface area contributed by atoms with Crippen molar-refractivity contribution >= 4 is 17.3 Å². The molecular formula is C33H36F3N7. The van der Waals surface area contributed by atoms with Gasteiger partial charge in [0, 0.05) is 12.4 Å². The van der Waals surface area contributed by atoms with Gasteiger partial charge in [0.15, 0.2) is 17.3 Å². The van der Waals surface area contributed by atoms with Gasteiger partial charge >= 0.3 is 6.18 Å². The molecule has 0 N–H and O–H groups in total. The third-order valence-corrected chi connectivity index (χ3v) is 7.29. The maximum Gasteiger partial charge on any atom is 0.435 e. The number of hydrogen-bond acceptors (Lipinski definition) is 5. The molecule has 0 bridgehead atoms. The molecule has 1 aromatic carbocycles. The minimum Gasteiger partial charge on any atom is -0.278 e. The lowest BCUT2D eigenvalue weighted by Crippen LogP contribution is -2.20. The molecule has 0 aliphatic heterocycles. The Kier molecular flexibility index (Phi) is 8.14. The highest BCUT2D eigenvalue weighted by atomic mass is 19.4. The van der Waals surface area contributed by atoms with Crippen LogP contribution in [0.2, 0.25) is 0 Å². The van der Waals surface area contributed by atoms with Gasteiger partial charge in [-0.1, -0.05) is 65.8 Å². The smallest absolute Gasteiger partial charge is 0.278 e. The van der Waals surface area contributed by atoms with Gasteiger partial charge in [0.1, 0.15) is 11.6 Å². The van der Waals surface area contributed by atoms with Crippen LogP contribution >= 0.6 is 0 Å². The third kappa shape index (κ3) is 6.18. The Labute approximate surface area is 250 Å². The Bertz CT molecular complexity index is 1700. The molecule has 224 valence electrons. The van der Waals surface area contributed by atoms with E-state index in [2.05, 4.69) is 63.9 Å². The zero-order valence-corrected chi connectivity index (χ0v) is 25.4. The summed E-state index contributed by atoms with van der Waals surface area (Å²) in [5.41, 5.74) is 4.34. The number of anilines is 3. The standard InChI is InChI=1S/C33H36F3N7/c1-20(2)24-18-25(21(3)4)32(26(19-24)22(5)6)43(30-12-8-10-28(37-30)41-16-14-23(7)39-41)31-13-9-11-29(38-31)42-17-15-27(40-42)33(34,35)36/h8-22H,1-7H3. The second-order valence-corrected chi connectivity index (χ2v) is 11.6. The lowest BCUT2D eigenvalue weighted by Gasteiger charge is -2.32. The first-order chi connectivity index (χ1) is 20.3.